The molecule has 0 atom stereocenters. The monoisotopic (exact) mass is 323 g/mol. The number of nitrogens with zero attached hydrogens (tertiary/aromatic N) is 1. The van der Waals surface area contributed by atoms with Gasteiger partial charge in [0.1, 0.15) is 0 Å². The van der Waals surface area contributed by atoms with E-state index in [9.17, 15) is 24.5 Å². The summed E-state index contributed by atoms with van der Waals surface area (Å²) in [7, 11) is 0. The van der Waals surface area contributed by atoms with Gasteiger partial charge in [0.15, 0.2) is 5.78 Å². The van der Waals surface area contributed by atoms with Gasteiger partial charge >= 0.3 is 11.9 Å². The fourth-order valence-corrected chi connectivity index (χ4v) is 1.85. The van der Waals surface area contributed by atoms with Gasteiger partial charge in [-0.05, 0) is 19.4 Å². The van der Waals surface area contributed by atoms with E-state index in [2.05, 4.69) is 0 Å². The maximum absolute atomic E-state index is 12.2. The van der Waals surface area contributed by atoms with Crippen molar-refractivity contribution in [2.45, 2.75) is 20.3 Å². The number of hydrogen-bond acceptors (Lipinski definition) is 7. The van der Waals surface area contributed by atoms with Gasteiger partial charge in [-0.3, -0.25) is 24.5 Å². The predicted molar refractivity (Wildman–Crippen MR) is 78.6 cm³/mol. The molecule has 0 aliphatic heterocycles. The minimum absolute atomic E-state index is 0.0273. The number of nitro groups is 1. The van der Waals surface area contributed by atoms with E-state index < -0.39 is 28.6 Å². The second-order valence-corrected chi connectivity index (χ2v) is 4.50. The molecular weight excluding hydrogens is 306 g/mol. The molecule has 8 nitrogen and oxygen atoms in total. The first-order valence-electron chi connectivity index (χ1n) is 7.00. The molecule has 0 radical (unpaired) electrons. The molecule has 0 bridgehead atoms. The Morgan fingerprint density at radius 3 is 1.91 bits per heavy atom. The Balaban J connectivity index is 2.89. The van der Waals surface area contributed by atoms with Crippen molar-refractivity contribution >= 4 is 23.4 Å². The molecule has 8 heteroatoms. The highest BCUT2D eigenvalue weighted by Gasteiger charge is 2.36. The maximum atomic E-state index is 12.2. The van der Waals surface area contributed by atoms with Gasteiger partial charge in [-0.15, -0.1) is 0 Å². The number of Topliss-reactive ketones (excluding diaryl/α,β-unsaturated/α-hetero) is 1. The van der Waals surface area contributed by atoms with Gasteiger partial charge in [0.2, 0.25) is 5.92 Å². The number of ether oxygens (including phenoxy) is 2. The lowest BCUT2D eigenvalue weighted by atomic mass is 9.97. The van der Waals surface area contributed by atoms with E-state index in [1.54, 1.807) is 13.8 Å². The number of benzene rings is 1. The summed E-state index contributed by atoms with van der Waals surface area (Å²) in [5.41, 5.74) is 0.327. The van der Waals surface area contributed by atoms with Gasteiger partial charge in [-0.25, -0.2) is 0 Å². The standard InChI is InChI=1S/C15H17NO7/c1-3-22-14(18)13(15(19)23-4-2)12(17)9-10-5-7-11(8-6-10)16(20)21/h5-8,13H,3-4,9H2,1-2H3. The number of carbonyl (C=O) groups excluding carboxylic acids is 3. The normalized spacial score (nSPS) is 10.2. The lowest BCUT2D eigenvalue weighted by molar-refractivity contribution is -0.384. The molecule has 0 N–H and O–H groups in total. The molecule has 1 aromatic carbocycles. The van der Waals surface area contributed by atoms with Gasteiger partial charge in [0, 0.05) is 18.6 Å². The highest BCUT2D eigenvalue weighted by atomic mass is 16.6. The molecular formula is C15H17NO7. The molecule has 1 rings (SSSR count). The molecule has 0 saturated carbocycles. The molecule has 0 saturated heterocycles. The second kappa shape index (κ2) is 8.62. The highest BCUT2D eigenvalue weighted by molar-refractivity contribution is 6.15. The van der Waals surface area contributed by atoms with Crippen LogP contribution in [0.2, 0.25) is 0 Å². The van der Waals surface area contributed by atoms with E-state index in [1.165, 1.54) is 24.3 Å². The molecule has 0 aliphatic rings. The van der Waals surface area contributed by atoms with E-state index in [0.717, 1.165) is 0 Å². The van der Waals surface area contributed by atoms with Crippen molar-refractivity contribution in [2.24, 2.45) is 5.92 Å². The van der Waals surface area contributed by atoms with Crippen molar-refractivity contribution in [2.75, 3.05) is 13.2 Å². The minimum atomic E-state index is -1.65. The molecule has 0 fully saturated rings. The Kier molecular flexibility index (Phi) is 6.85. The third kappa shape index (κ3) is 5.17. The first-order chi connectivity index (χ1) is 10.9. The summed E-state index contributed by atoms with van der Waals surface area (Å²) in [6.45, 7) is 3.17. The van der Waals surface area contributed by atoms with Gasteiger partial charge in [0.05, 0.1) is 18.1 Å². The van der Waals surface area contributed by atoms with Crippen LogP contribution in [0.3, 0.4) is 0 Å². The average molecular weight is 323 g/mol. The lowest BCUT2D eigenvalue weighted by Crippen LogP contribution is -2.35. The van der Waals surface area contributed by atoms with E-state index in [4.69, 9.17) is 9.47 Å². The van der Waals surface area contributed by atoms with Crippen molar-refractivity contribution in [3.63, 3.8) is 0 Å². The quantitative estimate of drug-likeness (QED) is 0.308. The second-order valence-electron chi connectivity index (χ2n) is 4.50. The van der Waals surface area contributed by atoms with Crippen molar-refractivity contribution in [3.05, 3.63) is 39.9 Å². The topological polar surface area (TPSA) is 113 Å². The summed E-state index contributed by atoms with van der Waals surface area (Å²) in [5, 5.41) is 10.6. The Morgan fingerprint density at radius 2 is 1.52 bits per heavy atom. The van der Waals surface area contributed by atoms with Crippen LogP contribution in [0, 0.1) is 16.0 Å². The fourth-order valence-electron chi connectivity index (χ4n) is 1.85. The van der Waals surface area contributed by atoms with E-state index in [-0.39, 0.29) is 25.3 Å². The predicted octanol–water partition coefficient (Wildman–Crippen LogP) is 1.45. The zero-order valence-electron chi connectivity index (χ0n) is 12.8. The van der Waals surface area contributed by atoms with E-state index in [0.29, 0.717) is 5.56 Å². The van der Waals surface area contributed by atoms with Crippen LogP contribution in [-0.2, 0) is 30.3 Å². The number of ketones is 1. The first kappa shape index (κ1) is 18.3. The van der Waals surface area contributed by atoms with Crippen LogP contribution in [0.25, 0.3) is 0 Å². The number of nitro benzene ring substituents is 1. The largest absolute Gasteiger partial charge is 0.465 e. The van der Waals surface area contributed by atoms with Crippen LogP contribution < -0.4 is 0 Å². The molecule has 0 amide bonds. The number of esters is 2. The van der Waals surface area contributed by atoms with Crippen molar-refractivity contribution in [1.82, 2.24) is 0 Å². The van der Waals surface area contributed by atoms with Crippen molar-refractivity contribution in [1.29, 1.82) is 0 Å². The summed E-state index contributed by atoms with van der Waals surface area (Å²) < 4.78 is 9.46. The average Bonchev–Trinajstić information content (AvgIpc) is 2.48. The summed E-state index contributed by atoms with van der Waals surface area (Å²) in [5.74, 6) is -4.25. The zero-order valence-corrected chi connectivity index (χ0v) is 12.8. The fraction of sp³-hybridized carbons (Fsp3) is 0.400. The SMILES string of the molecule is CCOC(=O)C(C(=O)Cc1ccc([N+](=O)[O-])cc1)C(=O)OCC. The van der Waals surface area contributed by atoms with Crippen molar-refractivity contribution in [3.8, 4) is 0 Å². The van der Waals surface area contributed by atoms with Crippen LogP contribution in [0.4, 0.5) is 5.69 Å². The third-order valence-corrected chi connectivity index (χ3v) is 2.89. The zero-order chi connectivity index (χ0) is 17.4. The van der Waals surface area contributed by atoms with E-state index in [1.807, 2.05) is 0 Å². The van der Waals surface area contributed by atoms with Gasteiger partial charge < -0.3 is 9.47 Å². The maximum Gasteiger partial charge on any atom is 0.328 e. The summed E-state index contributed by atoms with van der Waals surface area (Å²) in [6, 6.07) is 5.27. The van der Waals surface area contributed by atoms with Crippen LogP contribution in [0.5, 0.6) is 0 Å². The summed E-state index contributed by atoms with van der Waals surface area (Å²) >= 11 is 0. The number of hydrogen-bond donors (Lipinski definition) is 0. The number of carbonyl (C=O) groups is 3. The summed E-state index contributed by atoms with van der Waals surface area (Å²) in [6.07, 6.45) is -0.236. The molecule has 23 heavy (non-hydrogen) atoms. The molecule has 1 aromatic rings. The Morgan fingerprint density at radius 1 is 1.04 bits per heavy atom. The summed E-state index contributed by atoms with van der Waals surface area (Å²) in [4.78, 5) is 45.8. The van der Waals surface area contributed by atoms with Gasteiger partial charge in [-0.1, -0.05) is 12.1 Å². The smallest absolute Gasteiger partial charge is 0.328 e. The number of rotatable bonds is 8. The lowest BCUT2D eigenvalue weighted by Gasteiger charge is -2.13. The molecule has 0 aromatic heterocycles. The molecule has 0 spiro atoms. The van der Waals surface area contributed by atoms with Crippen LogP contribution >= 0.6 is 0 Å². The Bertz CT molecular complexity index is 576. The Labute approximate surface area is 132 Å². The van der Waals surface area contributed by atoms with Crippen LogP contribution in [0.1, 0.15) is 19.4 Å². The number of non-ortho nitro benzene ring substituents is 1. The first-order valence-corrected chi connectivity index (χ1v) is 7.00. The van der Waals surface area contributed by atoms with E-state index >= 15 is 0 Å². The molecule has 0 aliphatic carbocycles. The highest BCUT2D eigenvalue weighted by Crippen LogP contribution is 2.15. The molecule has 0 heterocycles. The van der Waals surface area contributed by atoms with Gasteiger partial charge in [0.25, 0.3) is 5.69 Å². The van der Waals surface area contributed by atoms with Crippen LogP contribution in [-0.4, -0.2) is 35.9 Å². The molecule has 124 valence electrons. The minimum Gasteiger partial charge on any atom is -0.465 e. The molecule has 0 unspecified atom stereocenters. The van der Waals surface area contributed by atoms with Gasteiger partial charge in [-0.2, -0.15) is 0 Å². The third-order valence-electron chi connectivity index (χ3n) is 2.89. The van der Waals surface area contributed by atoms with Crippen molar-refractivity contribution < 1.29 is 28.8 Å². The van der Waals surface area contributed by atoms with Crippen LogP contribution in [0.15, 0.2) is 24.3 Å². The Hall–Kier alpha value is -2.77.